The van der Waals surface area contributed by atoms with Crippen molar-refractivity contribution in [2.75, 3.05) is 52.9 Å². The maximum atomic E-state index is 12.4. The van der Waals surface area contributed by atoms with E-state index < -0.39 is 0 Å². The molecule has 1 saturated heterocycles. The number of piperidine rings is 1. The Labute approximate surface area is 183 Å². The summed E-state index contributed by atoms with van der Waals surface area (Å²) < 4.78 is 0. The molecule has 1 heterocycles. The molecule has 1 amide bonds. The summed E-state index contributed by atoms with van der Waals surface area (Å²) in [7, 11) is 1.95. The normalized spacial score (nSPS) is 15.8. The average molecular weight is 416 g/mol. The van der Waals surface area contributed by atoms with Gasteiger partial charge in [-0.15, -0.1) is 0 Å². The van der Waals surface area contributed by atoms with Gasteiger partial charge in [-0.25, -0.2) is 0 Å². The van der Waals surface area contributed by atoms with E-state index in [2.05, 4.69) is 48.3 Å². The Kier molecular flexibility index (Phi) is 10.1. The van der Waals surface area contributed by atoms with E-state index in [-0.39, 0.29) is 5.91 Å². The van der Waals surface area contributed by atoms with E-state index in [9.17, 15) is 4.79 Å². The van der Waals surface area contributed by atoms with Gasteiger partial charge in [-0.2, -0.15) is 0 Å². The van der Waals surface area contributed by atoms with Crippen molar-refractivity contribution < 1.29 is 4.79 Å². The van der Waals surface area contributed by atoms with Gasteiger partial charge in [-0.1, -0.05) is 29.8 Å². The lowest BCUT2D eigenvalue weighted by atomic mass is 9.96. The van der Waals surface area contributed by atoms with Crippen molar-refractivity contribution in [1.29, 1.82) is 0 Å². The SMILES string of the molecule is CCNC(=NCC1CCN(Cc2ccc(C)cc2)CC1)N(C)CC(=O)N(CC)CC. The molecule has 1 aliphatic rings. The highest BCUT2D eigenvalue weighted by molar-refractivity contribution is 5.86. The third-order valence-electron chi connectivity index (χ3n) is 5.92. The lowest BCUT2D eigenvalue weighted by Gasteiger charge is -2.32. The zero-order valence-electron chi connectivity index (χ0n) is 19.7. The molecule has 1 aliphatic heterocycles. The Morgan fingerprint density at radius 2 is 1.77 bits per heavy atom. The van der Waals surface area contributed by atoms with Crippen molar-refractivity contribution in [3.63, 3.8) is 0 Å². The number of hydrogen-bond donors (Lipinski definition) is 1. The van der Waals surface area contributed by atoms with Crippen LogP contribution in [0.4, 0.5) is 0 Å². The van der Waals surface area contributed by atoms with Gasteiger partial charge in [-0.3, -0.25) is 14.7 Å². The molecule has 0 atom stereocenters. The standard InChI is InChI=1S/C24H41N5O/c1-6-25-24(27(5)19-23(30)29(7-2)8-3)26-17-21-13-15-28(16-14-21)18-22-11-9-20(4)10-12-22/h9-12,21H,6-8,13-19H2,1-5H3,(H,25,26). The molecule has 168 valence electrons. The van der Waals surface area contributed by atoms with Crippen LogP contribution in [0.1, 0.15) is 44.7 Å². The van der Waals surface area contributed by atoms with Gasteiger partial charge in [-0.05, 0) is 65.1 Å². The van der Waals surface area contributed by atoms with Crippen molar-refractivity contribution in [3.8, 4) is 0 Å². The number of nitrogens with zero attached hydrogens (tertiary/aromatic N) is 4. The van der Waals surface area contributed by atoms with Gasteiger partial charge < -0.3 is 15.1 Å². The summed E-state index contributed by atoms with van der Waals surface area (Å²) in [6.45, 7) is 15.0. The lowest BCUT2D eigenvalue weighted by molar-refractivity contribution is -0.131. The number of likely N-dealkylation sites (N-methyl/N-ethyl adjacent to an activating group) is 2. The second-order valence-electron chi connectivity index (χ2n) is 8.32. The van der Waals surface area contributed by atoms with Crippen LogP contribution in [-0.2, 0) is 11.3 Å². The van der Waals surface area contributed by atoms with E-state index in [4.69, 9.17) is 4.99 Å². The second kappa shape index (κ2) is 12.6. The summed E-state index contributed by atoms with van der Waals surface area (Å²) in [5.41, 5.74) is 2.71. The molecule has 1 aromatic rings. The number of nitrogens with one attached hydrogen (secondary N) is 1. The molecule has 2 rings (SSSR count). The average Bonchev–Trinajstić information content (AvgIpc) is 2.74. The Balaban J connectivity index is 1.83. The van der Waals surface area contributed by atoms with E-state index >= 15 is 0 Å². The minimum atomic E-state index is 0.150. The molecule has 30 heavy (non-hydrogen) atoms. The molecule has 1 aromatic carbocycles. The van der Waals surface area contributed by atoms with Crippen molar-refractivity contribution in [1.82, 2.24) is 20.0 Å². The fourth-order valence-electron chi connectivity index (χ4n) is 3.92. The summed E-state index contributed by atoms with van der Waals surface area (Å²) in [5, 5.41) is 3.34. The fraction of sp³-hybridized carbons (Fsp3) is 0.667. The van der Waals surface area contributed by atoms with Gasteiger partial charge in [0.25, 0.3) is 0 Å². The minimum absolute atomic E-state index is 0.150. The maximum absolute atomic E-state index is 12.4. The van der Waals surface area contributed by atoms with Crippen LogP contribution in [0.3, 0.4) is 0 Å². The number of amides is 1. The van der Waals surface area contributed by atoms with Crippen molar-refractivity contribution in [2.24, 2.45) is 10.9 Å². The van der Waals surface area contributed by atoms with Crippen LogP contribution >= 0.6 is 0 Å². The number of benzene rings is 1. The van der Waals surface area contributed by atoms with Crippen LogP contribution in [0, 0.1) is 12.8 Å². The first-order valence-corrected chi connectivity index (χ1v) is 11.5. The van der Waals surface area contributed by atoms with E-state index in [1.54, 1.807) is 0 Å². The third-order valence-corrected chi connectivity index (χ3v) is 5.92. The quantitative estimate of drug-likeness (QED) is 0.498. The van der Waals surface area contributed by atoms with E-state index in [1.807, 2.05) is 30.7 Å². The second-order valence-corrected chi connectivity index (χ2v) is 8.32. The number of likely N-dealkylation sites (tertiary alicyclic amines) is 1. The molecule has 0 bridgehead atoms. The Morgan fingerprint density at radius 3 is 2.33 bits per heavy atom. The van der Waals surface area contributed by atoms with Crippen LogP contribution in [0.2, 0.25) is 0 Å². The van der Waals surface area contributed by atoms with Crippen LogP contribution in [-0.4, -0.2) is 79.4 Å². The van der Waals surface area contributed by atoms with Gasteiger partial charge >= 0.3 is 0 Å². The Hall–Kier alpha value is -2.08. The van der Waals surface area contributed by atoms with Gasteiger partial charge in [0.15, 0.2) is 5.96 Å². The summed E-state index contributed by atoms with van der Waals surface area (Å²) >= 11 is 0. The predicted molar refractivity (Wildman–Crippen MR) is 126 cm³/mol. The number of carbonyl (C=O) groups excluding carboxylic acids is 1. The highest BCUT2D eigenvalue weighted by Gasteiger charge is 2.20. The summed E-state index contributed by atoms with van der Waals surface area (Å²) in [6.07, 6.45) is 2.35. The minimum Gasteiger partial charge on any atom is -0.357 e. The van der Waals surface area contributed by atoms with Crippen molar-refractivity contribution in [3.05, 3.63) is 35.4 Å². The molecule has 0 aromatic heterocycles. The van der Waals surface area contributed by atoms with Crippen LogP contribution in [0.25, 0.3) is 0 Å². The Morgan fingerprint density at radius 1 is 1.13 bits per heavy atom. The predicted octanol–water partition coefficient (Wildman–Crippen LogP) is 2.97. The molecule has 1 N–H and O–H groups in total. The first kappa shape index (κ1) is 24.2. The number of aliphatic imine (C=N–C) groups is 1. The molecule has 1 fully saturated rings. The monoisotopic (exact) mass is 415 g/mol. The van der Waals surface area contributed by atoms with Gasteiger partial charge in [0.2, 0.25) is 5.91 Å². The summed E-state index contributed by atoms with van der Waals surface area (Å²) in [5.74, 6) is 1.59. The van der Waals surface area contributed by atoms with Crippen molar-refractivity contribution >= 4 is 11.9 Å². The van der Waals surface area contributed by atoms with E-state index in [0.29, 0.717) is 12.5 Å². The highest BCUT2D eigenvalue weighted by atomic mass is 16.2. The van der Waals surface area contributed by atoms with Crippen LogP contribution < -0.4 is 5.32 Å². The molecule has 0 aliphatic carbocycles. The lowest BCUT2D eigenvalue weighted by Crippen LogP contribution is -2.46. The first-order chi connectivity index (χ1) is 14.5. The van der Waals surface area contributed by atoms with Gasteiger partial charge in [0.1, 0.15) is 0 Å². The molecule has 0 saturated carbocycles. The van der Waals surface area contributed by atoms with E-state index in [1.165, 1.54) is 24.0 Å². The number of hydrogen-bond acceptors (Lipinski definition) is 3. The number of aryl methyl sites for hydroxylation is 1. The molecule has 0 radical (unpaired) electrons. The van der Waals surface area contributed by atoms with Gasteiger partial charge in [0, 0.05) is 39.8 Å². The highest BCUT2D eigenvalue weighted by Crippen LogP contribution is 2.19. The van der Waals surface area contributed by atoms with Crippen LogP contribution in [0.15, 0.2) is 29.3 Å². The maximum Gasteiger partial charge on any atom is 0.242 e. The smallest absolute Gasteiger partial charge is 0.242 e. The summed E-state index contributed by atoms with van der Waals surface area (Å²) in [4.78, 5) is 23.7. The number of carbonyl (C=O) groups is 1. The Bertz CT molecular complexity index is 661. The molecular formula is C24H41N5O. The molecular weight excluding hydrogens is 374 g/mol. The van der Waals surface area contributed by atoms with Crippen molar-refractivity contribution in [2.45, 2.75) is 47.1 Å². The number of rotatable bonds is 9. The molecule has 6 heteroatoms. The largest absolute Gasteiger partial charge is 0.357 e. The first-order valence-electron chi connectivity index (χ1n) is 11.5. The van der Waals surface area contributed by atoms with Gasteiger partial charge in [0.05, 0.1) is 6.54 Å². The molecule has 0 unspecified atom stereocenters. The summed E-state index contributed by atoms with van der Waals surface area (Å²) in [6, 6.07) is 8.87. The van der Waals surface area contributed by atoms with E-state index in [0.717, 1.165) is 51.8 Å². The topological polar surface area (TPSA) is 51.2 Å². The zero-order chi connectivity index (χ0) is 21.9. The molecule has 0 spiro atoms. The fourth-order valence-corrected chi connectivity index (χ4v) is 3.92. The molecule has 6 nitrogen and oxygen atoms in total. The number of guanidine groups is 1. The third kappa shape index (κ3) is 7.63. The zero-order valence-corrected chi connectivity index (χ0v) is 19.7. The van der Waals surface area contributed by atoms with Crippen LogP contribution in [0.5, 0.6) is 0 Å².